The molecule has 39 heavy (non-hydrogen) atoms. The number of hydrogen-bond acceptors (Lipinski definition) is 11. The van der Waals surface area contributed by atoms with E-state index in [1.165, 1.54) is 11.8 Å². The van der Waals surface area contributed by atoms with Gasteiger partial charge in [-0.25, -0.2) is 19.9 Å². The number of tetrazole rings is 1. The third-order valence-corrected chi connectivity index (χ3v) is 7.14. The molecule has 1 saturated heterocycles. The second kappa shape index (κ2) is 10.3. The van der Waals surface area contributed by atoms with Gasteiger partial charge in [0.1, 0.15) is 11.6 Å². The molecule has 0 aliphatic carbocycles. The van der Waals surface area contributed by atoms with E-state index in [9.17, 15) is 0 Å². The van der Waals surface area contributed by atoms with Crippen LogP contribution >= 0.6 is 11.8 Å². The van der Waals surface area contributed by atoms with Crippen molar-refractivity contribution in [2.45, 2.75) is 16.8 Å². The Hall–Kier alpha value is -4.62. The smallest absolute Gasteiger partial charge is 0.237 e. The van der Waals surface area contributed by atoms with Crippen LogP contribution in [0.15, 0.2) is 77.3 Å². The minimum absolute atomic E-state index is 0.271. The maximum absolute atomic E-state index is 6.05. The highest BCUT2D eigenvalue weighted by molar-refractivity contribution is 7.99. The Bertz CT molecular complexity index is 1730. The molecule has 0 amide bonds. The molecule has 12 nitrogen and oxygen atoms in total. The molecule has 5 aromatic heterocycles. The van der Waals surface area contributed by atoms with Crippen LogP contribution in [0.1, 0.15) is 5.69 Å². The number of imidazole rings is 1. The summed E-state index contributed by atoms with van der Waals surface area (Å²) in [6, 6.07) is 15.8. The number of pyridine rings is 2. The van der Waals surface area contributed by atoms with Crippen molar-refractivity contribution in [3.63, 3.8) is 0 Å². The number of fused-ring (bicyclic) bond motifs is 2. The van der Waals surface area contributed by atoms with Crippen molar-refractivity contribution in [3.05, 3.63) is 72.8 Å². The summed E-state index contributed by atoms with van der Waals surface area (Å²) in [6.07, 6.45) is 5.65. The van der Waals surface area contributed by atoms with E-state index in [1.54, 1.807) is 0 Å². The quantitative estimate of drug-likeness (QED) is 0.321. The zero-order chi connectivity index (χ0) is 26.0. The first-order valence-electron chi connectivity index (χ1n) is 12.4. The number of rotatable bonds is 7. The van der Waals surface area contributed by atoms with Crippen LogP contribution in [-0.4, -0.2) is 71.3 Å². The van der Waals surface area contributed by atoms with Crippen LogP contribution in [0.3, 0.4) is 0 Å². The molecule has 1 fully saturated rings. The number of benzene rings is 1. The largest absolute Gasteiger partial charge is 0.471 e. The molecule has 1 aromatic carbocycles. The predicted octanol–water partition coefficient (Wildman–Crippen LogP) is 3.42. The zero-order valence-corrected chi connectivity index (χ0v) is 21.5. The van der Waals surface area contributed by atoms with Crippen molar-refractivity contribution in [1.82, 2.24) is 45.0 Å². The first kappa shape index (κ1) is 23.5. The van der Waals surface area contributed by atoms with Crippen molar-refractivity contribution in [1.29, 1.82) is 0 Å². The highest BCUT2D eigenvalue weighted by atomic mass is 32.2. The van der Waals surface area contributed by atoms with E-state index < -0.39 is 0 Å². The molecule has 13 heteroatoms. The molecule has 7 rings (SSSR count). The summed E-state index contributed by atoms with van der Waals surface area (Å²) in [5, 5.41) is 16.3. The van der Waals surface area contributed by atoms with Crippen molar-refractivity contribution in [3.8, 4) is 17.1 Å². The number of ether oxygens (including phenoxy) is 2. The molecular formula is C26H22N10O2S. The molecular weight excluding hydrogens is 516 g/mol. The standard InChI is InChI=1S/C26H22N10O2S/c1-2-4-20-17(3-1)5-7-22(30-20)38-16-19-15-36-21(14-28-24(25(36)29-19)35-9-11-37-12-10-35)18-6-8-23(27-13-18)39-26-31-33-34-32-26/h1-8,13-15H,9-12,16H2,(H,31,32,33,34). The normalized spacial score (nSPS) is 13.8. The average Bonchev–Trinajstić information content (AvgIpc) is 3.67. The Morgan fingerprint density at radius 2 is 1.90 bits per heavy atom. The van der Waals surface area contributed by atoms with E-state index >= 15 is 0 Å². The minimum atomic E-state index is 0.271. The molecule has 1 aliphatic heterocycles. The number of aromatic nitrogens is 9. The van der Waals surface area contributed by atoms with Crippen molar-refractivity contribution < 1.29 is 9.47 Å². The molecule has 194 valence electrons. The third kappa shape index (κ3) is 4.84. The van der Waals surface area contributed by atoms with Crippen molar-refractivity contribution >= 4 is 34.1 Å². The van der Waals surface area contributed by atoms with Gasteiger partial charge in [-0.05, 0) is 41.2 Å². The van der Waals surface area contributed by atoms with Crippen molar-refractivity contribution in [2.24, 2.45) is 0 Å². The van der Waals surface area contributed by atoms with Gasteiger partial charge in [0.25, 0.3) is 0 Å². The van der Waals surface area contributed by atoms with Gasteiger partial charge in [0.15, 0.2) is 11.5 Å². The molecule has 0 saturated carbocycles. The fraction of sp³-hybridized carbons (Fsp3) is 0.192. The molecule has 1 N–H and O–H groups in total. The summed E-state index contributed by atoms with van der Waals surface area (Å²) in [4.78, 5) is 21.2. The summed E-state index contributed by atoms with van der Waals surface area (Å²) in [6.45, 7) is 3.09. The number of hydrogen-bond donors (Lipinski definition) is 1. The molecule has 1 aliphatic rings. The van der Waals surface area contributed by atoms with Crippen molar-refractivity contribution in [2.75, 3.05) is 31.2 Å². The van der Waals surface area contributed by atoms with E-state index in [0.29, 0.717) is 24.3 Å². The molecule has 0 unspecified atom stereocenters. The van der Waals surface area contributed by atoms with E-state index in [2.05, 4.69) is 35.5 Å². The number of nitrogens with one attached hydrogen (secondary N) is 1. The average molecular weight is 539 g/mol. The van der Waals surface area contributed by atoms with E-state index in [0.717, 1.165) is 57.4 Å². The molecule has 0 radical (unpaired) electrons. The predicted molar refractivity (Wildman–Crippen MR) is 144 cm³/mol. The van der Waals surface area contributed by atoms with Gasteiger partial charge in [0, 0.05) is 42.5 Å². The zero-order valence-electron chi connectivity index (χ0n) is 20.6. The number of H-pyrrole nitrogens is 1. The second-order valence-corrected chi connectivity index (χ2v) is 9.79. The van der Waals surface area contributed by atoms with E-state index in [1.807, 2.05) is 71.5 Å². The number of morpholine rings is 1. The first-order chi connectivity index (χ1) is 19.3. The molecule has 6 aromatic rings. The maximum Gasteiger partial charge on any atom is 0.237 e. The Balaban J connectivity index is 1.21. The van der Waals surface area contributed by atoms with Gasteiger partial charge >= 0.3 is 0 Å². The molecule has 6 heterocycles. The highest BCUT2D eigenvalue weighted by Gasteiger charge is 2.20. The third-order valence-electron chi connectivity index (χ3n) is 6.33. The van der Waals surface area contributed by atoms with Crippen LogP contribution in [0, 0.1) is 0 Å². The Morgan fingerprint density at radius 1 is 0.974 bits per heavy atom. The van der Waals surface area contributed by atoms with Crippen LogP contribution in [0.25, 0.3) is 27.8 Å². The van der Waals surface area contributed by atoms with Gasteiger partial charge in [0.2, 0.25) is 11.0 Å². The van der Waals surface area contributed by atoms with E-state index in [-0.39, 0.29) is 6.61 Å². The highest BCUT2D eigenvalue weighted by Crippen LogP contribution is 2.29. The van der Waals surface area contributed by atoms with Gasteiger partial charge < -0.3 is 14.4 Å². The summed E-state index contributed by atoms with van der Waals surface area (Å²) in [5.74, 6) is 1.37. The van der Waals surface area contributed by atoms with Crippen LogP contribution in [0.5, 0.6) is 5.88 Å². The minimum Gasteiger partial charge on any atom is -0.471 e. The van der Waals surface area contributed by atoms with Crippen LogP contribution in [0.2, 0.25) is 0 Å². The Morgan fingerprint density at radius 3 is 2.74 bits per heavy atom. The summed E-state index contributed by atoms with van der Waals surface area (Å²) in [5.41, 5.74) is 4.18. The fourth-order valence-corrected chi connectivity index (χ4v) is 5.05. The molecule has 0 spiro atoms. The topological polar surface area (TPSA) is 132 Å². The van der Waals surface area contributed by atoms with Crippen LogP contribution < -0.4 is 9.64 Å². The maximum atomic E-state index is 6.05. The lowest BCUT2D eigenvalue weighted by atomic mass is 10.2. The summed E-state index contributed by atoms with van der Waals surface area (Å²) < 4.78 is 13.6. The molecule has 0 bridgehead atoms. The van der Waals surface area contributed by atoms with Crippen LogP contribution in [-0.2, 0) is 11.3 Å². The van der Waals surface area contributed by atoms with Gasteiger partial charge in [-0.15, -0.1) is 10.2 Å². The Labute approximate surface area is 226 Å². The number of para-hydroxylation sites is 1. The monoisotopic (exact) mass is 538 g/mol. The van der Waals surface area contributed by atoms with E-state index in [4.69, 9.17) is 19.4 Å². The lowest BCUT2D eigenvalue weighted by Gasteiger charge is -2.28. The van der Waals surface area contributed by atoms with Gasteiger partial charge in [-0.1, -0.05) is 18.2 Å². The van der Waals surface area contributed by atoms with Gasteiger partial charge in [-0.2, -0.15) is 5.21 Å². The molecule has 0 atom stereocenters. The summed E-state index contributed by atoms with van der Waals surface area (Å²) >= 11 is 1.33. The first-order valence-corrected chi connectivity index (χ1v) is 13.2. The summed E-state index contributed by atoms with van der Waals surface area (Å²) in [7, 11) is 0. The van der Waals surface area contributed by atoms with Crippen LogP contribution in [0.4, 0.5) is 5.82 Å². The second-order valence-electron chi connectivity index (χ2n) is 8.80. The fourth-order valence-electron chi connectivity index (χ4n) is 4.45. The van der Waals surface area contributed by atoms with Gasteiger partial charge in [-0.3, -0.25) is 4.40 Å². The SMILES string of the molecule is c1ccc2nc(OCc3cn4c(-c5ccc(Sc6nn[nH]n6)nc5)cnc(N5CCOCC5)c4n3)ccc2c1. The lowest BCUT2D eigenvalue weighted by Crippen LogP contribution is -2.37. The van der Waals surface area contributed by atoms with Gasteiger partial charge in [0.05, 0.1) is 36.3 Å². The Kier molecular flexibility index (Phi) is 6.19. The lowest BCUT2D eigenvalue weighted by molar-refractivity contribution is 0.122. The number of nitrogens with zero attached hydrogens (tertiary/aromatic N) is 9. The number of aromatic amines is 1. The number of anilines is 1.